The second-order valence-electron chi connectivity index (χ2n) is 11.4. The Hall–Kier alpha value is -3.07. The summed E-state index contributed by atoms with van der Waals surface area (Å²) in [5.41, 5.74) is 7.51. The predicted octanol–water partition coefficient (Wildman–Crippen LogP) is 10.8. The Bertz CT molecular complexity index is 1140. The second-order valence-corrected chi connectivity index (χ2v) is 11.4. The highest BCUT2D eigenvalue weighted by Gasteiger charge is 2.19. The first-order valence-electron chi connectivity index (χ1n) is 17.0. The lowest BCUT2D eigenvalue weighted by molar-refractivity contribution is 0.0600. The zero-order valence-corrected chi connectivity index (χ0v) is 28.1. The van der Waals surface area contributed by atoms with Crippen LogP contribution in [0, 0.1) is 5.92 Å². The SMILES string of the molecule is CC.CCCCCC(CCc1ccccc1CCCCCCc1ccccc1)Cc1c(CC)cc(C(=O)OC)cc1OC. The first-order valence-corrected chi connectivity index (χ1v) is 17.0. The topological polar surface area (TPSA) is 35.5 Å². The van der Waals surface area contributed by atoms with E-state index in [0.29, 0.717) is 11.5 Å². The molecule has 0 aliphatic heterocycles. The van der Waals surface area contributed by atoms with Crippen LogP contribution >= 0.6 is 0 Å². The minimum Gasteiger partial charge on any atom is -0.496 e. The summed E-state index contributed by atoms with van der Waals surface area (Å²) >= 11 is 0. The summed E-state index contributed by atoms with van der Waals surface area (Å²) in [5.74, 6) is 1.09. The summed E-state index contributed by atoms with van der Waals surface area (Å²) in [6, 6.07) is 23.8. The average molecular weight is 587 g/mol. The molecule has 1 atom stereocenters. The second kappa shape index (κ2) is 21.6. The molecule has 0 N–H and O–H groups in total. The summed E-state index contributed by atoms with van der Waals surface area (Å²) in [6.45, 7) is 8.43. The zero-order chi connectivity index (χ0) is 31.3. The lowest BCUT2D eigenvalue weighted by Gasteiger charge is -2.22. The van der Waals surface area contributed by atoms with Crippen molar-refractivity contribution in [3.8, 4) is 5.75 Å². The van der Waals surface area contributed by atoms with Crippen LogP contribution in [-0.2, 0) is 36.8 Å². The molecule has 0 radical (unpaired) electrons. The molecule has 0 fully saturated rings. The van der Waals surface area contributed by atoms with Crippen LogP contribution in [0.3, 0.4) is 0 Å². The van der Waals surface area contributed by atoms with E-state index in [1.54, 1.807) is 7.11 Å². The van der Waals surface area contributed by atoms with Gasteiger partial charge in [-0.05, 0) is 97.2 Å². The van der Waals surface area contributed by atoms with Gasteiger partial charge >= 0.3 is 5.97 Å². The van der Waals surface area contributed by atoms with Gasteiger partial charge in [0.1, 0.15) is 5.75 Å². The van der Waals surface area contributed by atoms with Gasteiger partial charge in [0.25, 0.3) is 0 Å². The van der Waals surface area contributed by atoms with Gasteiger partial charge in [0, 0.05) is 0 Å². The van der Waals surface area contributed by atoms with Crippen molar-refractivity contribution < 1.29 is 14.3 Å². The Morgan fingerprint density at radius 3 is 1.98 bits per heavy atom. The van der Waals surface area contributed by atoms with Crippen LogP contribution in [0.15, 0.2) is 66.7 Å². The fourth-order valence-electron chi connectivity index (χ4n) is 6.04. The molecule has 3 nitrogen and oxygen atoms in total. The van der Waals surface area contributed by atoms with Gasteiger partial charge in [-0.2, -0.15) is 0 Å². The van der Waals surface area contributed by atoms with Crippen molar-refractivity contribution in [1.29, 1.82) is 0 Å². The number of unbranched alkanes of at least 4 members (excludes halogenated alkanes) is 5. The molecule has 0 heterocycles. The van der Waals surface area contributed by atoms with Crippen LogP contribution in [0.4, 0.5) is 0 Å². The van der Waals surface area contributed by atoms with E-state index in [1.165, 1.54) is 106 Å². The standard InChI is InChI=1S/C38H52O3.C2H6/c1-5-7-11-21-31(27-36-32(6-2)28-35(38(39)41-4)29-37(36)40-3)25-26-34-24-17-16-23-33(34)22-15-9-8-12-18-30-19-13-10-14-20-30;1-2/h10,13-14,16-17,19-20,23-24,28-29,31H,5-9,11-12,15,18,21-22,25-27H2,1-4H3;1-2H3. The van der Waals surface area contributed by atoms with E-state index in [-0.39, 0.29) is 5.97 Å². The minimum atomic E-state index is -0.308. The Morgan fingerprint density at radius 2 is 1.35 bits per heavy atom. The summed E-state index contributed by atoms with van der Waals surface area (Å²) in [5, 5.41) is 0. The predicted molar refractivity (Wildman–Crippen MR) is 183 cm³/mol. The minimum absolute atomic E-state index is 0.308. The van der Waals surface area contributed by atoms with E-state index < -0.39 is 0 Å². The number of ether oxygens (including phenoxy) is 2. The monoisotopic (exact) mass is 586 g/mol. The molecule has 3 heteroatoms. The summed E-state index contributed by atoms with van der Waals surface area (Å²) in [4.78, 5) is 12.3. The van der Waals surface area contributed by atoms with Crippen molar-refractivity contribution in [2.24, 2.45) is 5.92 Å². The number of esters is 1. The third-order valence-electron chi connectivity index (χ3n) is 8.48. The molecule has 1 unspecified atom stereocenters. The first kappa shape index (κ1) is 36.1. The van der Waals surface area contributed by atoms with Crippen LogP contribution in [-0.4, -0.2) is 20.2 Å². The van der Waals surface area contributed by atoms with E-state index in [9.17, 15) is 4.79 Å². The Balaban J connectivity index is 0.00000316. The maximum Gasteiger partial charge on any atom is 0.337 e. The lowest BCUT2D eigenvalue weighted by atomic mass is 9.85. The third-order valence-corrected chi connectivity index (χ3v) is 8.48. The van der Waals surface area contributed by atoms with Gasteiger partial charge in [0.05, 0.1) is 19.8 Å². The number of rotatable bonds is 19. The molecular weight excluding hydrogens is 528 g/mol. The molecule has 0 saturated heterocycles. The number of aryl methyl sites for hydroxylation is 4. The van der Waals surface area contributed by atoms with Crippen LogP contribution in [0.25, 0.3) is 0 Å². The van der Waals surface area contributed by atoms with Crippen LogP contribution in [0.1, 0.15) is 124 Å². The summed E-state index contributed by atoms with van der Waals surface area (Å²) in [7, 11) is 3.14. The molecule has 0 aliphatic rings. The molecule has 0 saturated carbocycles. The van der Waals surface area contributed by atoms with E-state index in [1.807, 2.05) is 26.0 Å². The van der Waals surface area contributed by atoms with Gasteiger partial charge in [-0.3, -0.25) is 0 Å². The molecule has 0 bridgehead atoms. The lowest BCUT2D eigenvalue weighted by Crippen LogP contribution is -2.12. The Labute approximate surface area is 263 Å². The fraction of sp³-hybridized carbons (Fsp3) is 0.525. The van der Waals surface area contributed by atoms with Crippen molar-refractivity contribution in [2.45, 2.75) is 118 Å². The molecule has 3 aromatic rings. The third kappa shape index (κ3) is 12.6. The fourth-order valence-corrected chi connectivity index (χ4v) is 6.04. The largest absolute Gasteiger partial charge is 0.496 e. The van der Waals surface area contributed by atoms with E-state index >= 15 is 0 Å². The first-order chi connectivity index (χ1) is 21.1. The van der Waals surface area contributed by atoms with Crippen LogP contribution < -0.4 is 4.74 Å². The van der Waals surface area contributed by atoms with Crippen LogP contribution in [0.2, 0.25) is 0 Å². The highest BCUT2D eigenvalue weighted by molar-refractivity contribution is 5.90. The molecule has 43 heavy (non-hydrogen) atoms. The number of methoxy groups -OCH3 is 2. The Kier molecular flexibility index (Phi) is 18.1. The highest BCUT2D eigenvalue weighted by Crippen LogP contribution is 2.32. The quantitative estimate of drug-likeness (QED) is 0.104. The van der Waals surface area contributed by atoms with Gasteiger partial charge in [-0.1, -0.05) is 121 Å². The molecule has 0 amide bonds. The number of carbonyl (C=O) groups excluding carboxylic acids is 1. The molecule has 0 aliphatic carbocycles. The van der Waals surface area contributed by atoms with Crippen LogP contribution in [0.5, 0.6) is 5.75 Å². The van der Waals surface area contributed by atoms with Gasteiger partial charge in [0.15, 0.2) is 0 Å². The summed E-state index contributed by atoms with van der Waals surface area (Å²) in [6.07, 6.45) is 16.6. The van der Waals surface area contributed by atoms with Gasteiger partial charge in [-0.25, -0.2) is 4.79 Å². The van der Waals surface area contributed by atoms with Gasteiger partial charge in [0.2, 0.25) is 0 Å². The highest BCUT2D eigenvalue weighted by atomic mass is 16.5. The Morgan fingerprint density at radius 1 is 0.698 bits per heavy atom. The summed E-state index contributed by atoms with van der Waals surface area (Å²) < 4.78 is 10.8. The number of hydrogen-bond acceptors (Lipinski definition) is 3. The van der Waals surface area contributed by atoms with E-state index in [2.05, 4.69) is 68.4 Å². The van der Waals surface area contributed by atoms with Crippen molar-refractivity contribution >= 4 is 5.97 Å². The van der Waals surface area contributed by atoms with E-state index in [0.717, 1.165) is 25.0 Å². The molecular formula is C40H58O3. The molecule has 0 spiro atoms. The maximum atomic E-state index is 12.3. The van der Waals surface area contributed by atoms with Crippen molar-refractivity contribution in [3.05, 3.63) is 100 Å². The van der Waals surface area contributed by atoms with Crippen molar-refractivity contribution in [3.63, 3.8) is 0 Å². The number of carbonyl (C=O) groups is 1. The van der Waals surface area contributed by atoms with Gasteiger partial charge in [-0.15, -0.1) is 0 Å². The maximum absolute atomic E-state index is 12.3. The molecule has 0 aromatic heterocycles. The molecule has 236 valence electrons. The van der Waals surface area contributed by atoms with Crippen molar-refractivity contribution in [2.75, 3.05) is 14.2 Å². The van der Waals surface area contributed by atoms with E-state index in [4.69, 9.17) is 9.47 Å². The zero-order valence-electron chi connectivity index (χ0n) is 28.1. The van der Waals surface area contributed by atoms with Gasteiger partial charge < -0.3 is 9.47 Å². The number of hydrogen-bond donors (Lipinski definition) is 0. The molecule has 3 aromatic carbocycles. The smallest absolute Gasteiger partial charge is 0.337 e. The number of benzene rings is 3. The average Bonchev–Trinajstić information content (AvgIpc) is 3.06. The normalized spacial score (nSPS) is 11.4. The van der Waals surface area contributed by atoms with Crippen molar-refractivity contribution in [1.82, 2.24) is 0 Å². The molecule has 3 rings (SSSR count).